The lowest BCUT2D eigenvalue weighted by Crippen LogP contribution is -2.69. The fourth-order valence-electron chi connectivity index (χ4n) is 15.3. The van der Waals surface area contributed by atoms with Crippen molar-refractivity contribution in [3.05, 3.63) is 12.2 Å². The van der Waals surface area contributed by atoms with Crippen LogP contribution in [0.2, 0.25) is 0 Å². The molecule has 0 spiro atoms. The van der Waals surface area contributed by atoms with E-state index in [4.69, 9.17) is 28.4 Å². The lowest BCUT2D eigenvalue weighted by molar-refractivity contribution is -0.357. The zero-order chi connectivity index (χ0) is 49.0. The van der Waals surface area contributed by atoms with Crippen LogP contribution in [0.15, 0.2) is 12.2 Å². The lowest BCUT2D eigenvalue weighted by atomic mass is 9.32. The van der Waals surface area contributed by atoms with Crippen LogP contribution in [0.4, 0.5) is 0 Å². The molecule has 0 aromatic rings. The van der Waals surface area contributed by atoms with Gasteiger partial charge in [-0.15, -0.1) is 0 Å². The molecule has 0 aromatic carbocycles. The summed E-state index contributed by atoms with van der Waals surface area (Å²) in [5, 5.41) is 98.1. The van der Waals surface area contributed by atoms with E-state index in [-0.39, 0.29) is 46.3 Å². The second-order valence-corrected chi connectivity index (χ2v) is 23.4. The van der Waals surface area contributed by atoms with Crippen LogP contribution in [0.25, 0.3) is 0 Å². The SMILES string of the molecule is COC(=O)C1CC(O[C@H]2CC[C@]3(C)[C@H]4C=CC5[C@@H]6CC(C)(C)CC[C@]6(C=O)[C@H](O)C[C@@]5(C)[C@]4(C)CC[C@H]3[C@]2(C)C=O)C(OC2OC(CO)C(O)C(O)C2O)C(OC2OCC(O)C(O)C2O)C1O. The summed E-state index contributed by atoms with van der Waals surface area (Å²) in [5.74, 6) is -2.42. The minimum atomic E-state index is -1.91. The highest BCUT2D eigenvalue weighted by atomic mass is 16.7. The number of esters is 1. The highest BCUT2D eigenvalue weighted by Crippen LogP contribution is 2.75. The number of aliphatic hydroxyl groups is 9. The molecule has 380 valence electrons. The van der Waals surface area contributed by atoms with Crippen LogP contribution >= 0.6 is 0 Å². The molecule has 2 aliphatic heterocycles. The number of carbonyl (C=O) groups is 3. The van der Waals surface area contributed by atoms with Crippen molar-refractivity contribution in [2.45, 2.75) is 191 Å². The summed E-state index contributed by atoms with van der Waals surface area (Å²) in [5.41, 5.74) is -3.07. The highest BCUT2D eigenvalue weighted by molar-refractivity contribution is 5.73. The highest BCUT2D eigenvalue weighted by Gasteiger charge is 2.72. The van der Waals surface area contributed by atoms with Gasteiger partial charge in [0.15, 0.2) is 12.6 Å². The summed E-state index contributed by atoms with van der Waals surface area (Å²) in [6.45, 7) is 12.0. The Labute approximate surface area is 392 Å². The summed E-state index contributed by atoms with van der Waals surface area (Å²) < 4.78 is 35.9. The minimum Gasteiger partial charge on any atom is -0.469 e. The van der Waals surface area contributed by atoms with Crippen LogP contribution in [0.3, 0.4) is 0 Å². The standard InChI is InChI=1S/C49H76O18/c1-44(2)14-15-49(22-52)25(17-44)24-8-9-30-45(3)12-11-32(46(4,21-51)29(45)10-13-47(30,5)48(24,6)18-31(49)54)64-27-16-23(41(61)62-7)33(55)40(67-42-37(59)34(56)26(53)20-63-42)39(27)66-43-38(60)36(58)35(57)28(19-50)65-43/h8-9,21-40,42-43,50,53-60H,10-20H2,1-7H3/t23?,24?,25-,26?,27?,28?,29+,30+,31+,32-,33?,34?,35?,36?,37?,38?,39?,40?,42?,43?,45-,46-,47+,48+,49+/m0/s1. The molecule has 8 rings (SSSR count). The first-order valence-electron chi connectivity index (χ1n) is 24.4. The molecule has 0 radical (unpaired) electrons. The third-order valence-electron chi connectivity index (χ3n) is 19.6. The van der Waals surface area contributed by atoms with Gasteiger partial charge in [-0.2, -0.15) is 0 Å². The summed E-state index contributed by atoms with van der Waals surface area (Å²) in [6.07, 6.45) is -11.8. The average Bonchev–Trinajstić information content (AvgIpc) is 3.29. The second kappa shape index (κ2) is 18.2. The van der Waals surface area contributed by atoms with Gasteiger partial charge in [-0.05, 0) is 103 Å². The van der Waals surface area contributed by atoms with Crippen molar-refractivity contribution in [1.29, 1.82) is 0 Å². The molecule has 9 N–H and O–H groups in total. The molecule has 0 aromatic heterocycles. The fourth-order valence-corrected chi connectivity index (χ4v) is 15.3. The minimum absolute atomic E-state index is 0.0165. The largest absolute Gasteiger partial charge is 0.469 e. The fraction of sp³-hybridized carbons (Fsp3) is 0.898. The molecule has 67 heavy (non-hydrogen) atoms. The summed E-state index contributed by atoms with van der Waals surface area (Å²) in [6, 6.07) is 0. The number of hydrogen-bond acceptors (Lipinski definition) is 18. The molecule has 18 heteroatoms. The summed E-state index contributed by atoms with van der Waals surface area (Å²) >= 11 is 0. The van der Waals surface area contributed by atoms with E-state index in [1.54, 1.807) is 0 Å². The Morgan fingerprint density at radius 2 is 1.42 bits per heavy atom. The number of allylic oxidation sites excluding steroid dienone is 2. The van der Waals surface area contributed by atoms with Gasteiger partial charge in [-0.25, -0.2) is 0 Å². The van der Waals surface area contributed by atoms with Gasteiger partial charge in [0, 0.05) is 0 Å². The maximum absolute atomic E-state index is 13.9. The first kappa shape index (κ1) is 51.3. The lowest BCUT2D eigenvalue weighted by Gasteiger charge is -2.72. The van der Waals surface area contributed by atoms with Crippen LogP contribution in [-0.4, -0.2) is 177 Å². The van der Waals surface area contributed by atoms with Gasteiger partial charge in [0.1, 0.15) is 67.5 Å². The van der Waals surface area contributed by atoms with Gasteiger partial charge in [-0.1, -0.05) is 53.7 Å². The van der Waals surface area contributed by atoms with Gasteiger partial charge in [0.25, 0.3) is 0 Å². The maximum atomic E-state index is 13.9. The normalized spacial score (nSPS) is 54.9. The zero-order valence-corrected chi connectivity index (χ0v) is 39.8. The molecule has 2 saturated heterocycles. The zero-order valence-electron chi connectivity index (χ0n) is 39.8. The predicted octanol–water partition coefficient (Wildman–Crippen LogP) is 0.310. The topological polar surface area (TPSA) is 289 Å². The summed E-state index contributed by atoms with van der Waals surface area (Å²) in [4.78, 5) is 40.4. The van der Waals surface area contributed by atoms with Gasteiger partial charge in [-0.3, -0.25) is 4.79 Å². The van der Waals surface area contributed by atoms with E-state index in [0.717, 1.165) is 38.9 Å². The van der Waals surface area contributed by atoms with E-state index in [0.29, 0.717) is 32.1 Å². The average molecular weight is 953 g/mol. The molecule has 5 saturated carbocycles. The number of rotatable bonds is 10. The number of fused-ring (bicyclic) bond motifs is 7. The number of aliphatic hydroxyl groups excluding tert-OH is 9. The number of hydrogen-bond donors (Lipinski definition) is 9. The molecule has 8 aliphatic rings. The monoisotopic (exact) mass is 953 g/mol. The maximum Gasteiger partial charge on any atom is 0.311 e. The van der Waals surface area contributed by atoms with Crippen molar-refractivity contribution in [2.24, 2.45) is 62.1 Å². The van der Waals surface area contributed by atoms with Gasteiger partial charge >= 0.3 is 5.97 Å². The summed E-state index contributed by atoms with van der Waals surface area (Å²) in [7, 11) is 1.14. The first-order valence-corrected chi connectivity index (χ1v) is 24.4. The first-order chi connectivity index (χ1) is 31.4. The van der Waals surface area contributed by atoms with Crippen molar-refractivity contribution in [2.75, 3.05) is 20.3 Å². The Hall–Kier alpha value is -2.01. The van der Waals surface area contributed by atoms with Crippen LogP contribution in [0.1, 0.15) is 99.3 Å². The van der Waals surface area contributed by atoms with Gasteiger partial charge in [0.2, 0.25) is 0 Å². The van der Waals surface area contributed by atoms with E-state index in [9.17, 15) is 60.3 Å². The van der Waals surface area contributed by atoms with E-state index < -0.39 is 133 Å². The molecule has 7 fully saturated rings. The van der Waals surface area contributed by atoms with E-state index in [1.807, 2.05) is 6.92 Å². The Kier molecular flexibility index (Phi) is 14.0. The van der Waals surface area contributed by atoms with Crippen LogP contribution < -0.4 is 0 Å². The Balaban J connectivity index is 1.13. The number of methoxy groups -OCH3 is 1. The van der Waals surface area contributed by atoms with Crippen molar-refractivity contribution < 1.29 is 88.8 Å². The quantitative estimate of drug-likeness (QED) is 0.0809. The smallest absolute Gasteiger partial charge is 0.311 e. The van der Waals surface area contributed by atoms with E-state index >= 15 is 0 Å². The van der Waals surface area contributed by atoms with Crippen LogP contribution in [0, 0.1) is 62.1 Å². The van der Waals surface area contributed by atoms with Crippen molar-refractivity contribution in [3.8, 4) is 0 Å². The molecule has 0 bridgehead atoms. The number of carbonyl (C=O) groups excluding carboxylic acids is 3. The molecular formula is C49H76O18. The Bertz CT molecular complexity index is 1860. The van der Waals surface area contributed by atoms with E-state index in [2.05, 4.69) is 46.8 Å². The van der Waals surface area contributed by atoms with Gasteiger partial charge < -0.3 is 84.0 Å². The molecule has 0 amide bonds. The number of aldehydes is 2. The third kappa shape index (κ3) is 7.94. The predicted molar refractivity (Wildman–Crippen MR) is 233 cm³/mol. The van der Waals surface area contributed by atoms with E-state index in [1.165, 1.54) is 0 Å². The molecular weight excluding hydrogens is 877 g/mol. The molecule has 18 nitrogen and oxygen atoms in total. The Morgan fingerprint density at radius 3 is 2.07 bits per heavy atom. The van der Waals surface area contributed by atoms with Crippen molar-refractivity contribution in [3.63, 3.8) is 0 Å². The van der Waals surface area contributed by atoms with Gasteiger partial charge in [0.05, 0.1) is 61.5 Å². The molecule has 6 aliphatic carbocycles. The van der Waals surface area contributed by atoms with Crippen molar-refractivity contribution >= 4 is 18.5 Å². The Morgan fingerprint density at radius 1 is 0.731 bits per heavy atom. The molecule has 15 unspecified atom stereocenters. The number of ether oxygens (including phenoxy) is 6. The third-order valence-corrected chi connectivity index (χ3v) is 19.6. The van der Waals surface area contributed by atoms with Crippen LogP contribution in [-0.2, 0) is 42.8 Å². The van der Waals surface area contributed by atoms with Crippen LogP contribution in [0.5, 0.6) is 0 Å². The van der Waals surface area contributed by atoms with Crippen molar-refractivity contribution in [1.82, 2.24) is 0 Å². The second-order valence-electron chi connectivity index (χ2n) is 23.4. The molecule has 25 atom stereocenters. The molecule has 2 heterocycles.